The highest BCUT2D eigenvalue weighted by molar-refractivity contribution is 8.09. The highest BCUT2D eigenvalue weighted by Crippen LogP contribution is 2.32. The minimum atomic E-state index is -4.09. The number of Topliss-reactive ketones (excluding diaryl/α,β-unsaturated/α-hetero) is 1. The van der Waals surface area contributed by atoms with Gasteiger partial charge in [0, 0.05) is 24.1 Å². The molecule has 0 N–H and O–H groups in total. The zero-order chi connectivity index (χ0) is 24.9. The van der Waals surface area contributed by atoms with Gasteiger partial charge in [-0.3, -0.25) is 0 Å². The van der Waals surface area contributed by atoms with E-state index in [4.69, 9.17) is 4.52 Å². The molecule has 1 saturated carbocycles. The van der Waals surface area contributed by atoms with Crippen LogP contribution in [0.3, 0.4) is 0 Å². The smallest absolute Gasteiger partial charge is 0.246 e. The van der Waals surface area contributed by atoms with Gasteiger partial charge in [0.05, 0.1) is 12.5 Å². The van der Waals surface area contributed by atoms with Crippen molar-refractivity contribution in [3.63, 3.8) is 0 Å². The standard InChI is InChI=1S/C22H32N4O6S2/c1-16(27)14-18(11-7-10-17-8-5-4-6-9-17)22-24-21(25-32-22)19-12-13-20(23-15-19)26(33(2,28)29)34(3,30)31/h12-13,15,17-18H,4-11,14H2,1-3H3. The molecule has 0 amide bonds. The second-order valence-corrected chi connectivity index (χ2v) is 13.0. The summed E-state index contributed by atoms with van der Waals surface area (Å²) in [6.07, 6.45) is 12.6. The first-order valence-electron chi connectivity index (χ1n) is 11.4. The first-order chi connectivity index (χ1) is 15.9. The number of anilines is 1. The Morgan fingerprint density at radius 2 is 1.79 bits per heavy atom. The summed E-state index contributed by atoms with van der Waals surface area (Å²) in [7, 11) is -8.18. The van der Waals surface area contributed by atoms with Crippen molar-refractivity contribution in [2.45, 2.75) is 70.6 Å². The molecule has 2 aromatic rings. The fourth-order valence-electron chi connectivity index (χ4n) is 4.52. The van der Waals surface area contributed by atoms with Crippen molar-refractivity contribution in [2.24, 2.45) is 5.92 Å². The Hall–Kier alpha value is -2.34. The van der Waals surface area contributed by atoms with Gasteiger partial charge in [-0.25, -0.2) is 21.8 Å². The number of nitrogens with zero attached hydrogens (tertiary/aromatic N) is 4. The van der Waals surface area contributed by atoms with Crippen LogP contribution in [0.25, 0.3) is 11.4 Å². The van der Waals surface area contributed by atoms with Crippen LogP contribution in [0.5, 0.6) is 0 Å². The molecule has 1 fully saturated rings. The maximum Gasteiger partial charge on any atom is 0.246 e. The Kier molecular flexibility index (Phi) is 8.45. The van der Waals surface area contributed by atoms with Crippen molar-refractivity contribution in [1.29, 1.82) is 0 Å². The van der Waals surface area contributed by atoms with Crippen molar-refractivity contribution in [2.75, 3.05) is 16.2 Å². The quantitative estimate of drug-likeness (QED) is 0.441. The number of rotatable bonds is 11. The molecule has 0 radical (unpaired) electrons. The van der Waals surface area contributed by atoms with Gasteiger partial charge in [0.1, 0.15) is 5.78 Å². The Labute approximate surface area is 201 Å². The van der Waals surface area contributed by atoms with E-state index >= 15 is 0 Å². The van der Waals surface area contributed by atoms with Gasteiger partial charge < -0.3 is 9.32 Å². The van der Waals surface area contributed by atoms with Crippen LogP contribution in [-0.2, 0) is 24.8 Å². The first-order valence-corrected chi connectivity index (χ1v) is 15.1. The van der Waals surface area contributed by atoms with Gasteiger partial charge in [0.15, 0.2) is 5.82 Å². The van der Waals surface area contributed by atoms with E-state index in [1.54, 1.807) is 6.92 Å². The number of pyridine rings is 1. The number of carbonyl (C=O) groups excluding carboxylic acids is 1. The number of ketones is 1. The average molecular weight is 513 g/mol. The van der Waals surface area contributed by atoms with E-state index in [0.717, 1.165) is 37.7 Å². The summed E-state index contributed by atoms with van der Waals surface area (Å²) in [5.41, 5.74) is 0.435. The molecule has 1 aliphatic rings. The van der Waals surface area contributed by atoms with E-state index in [0.29, 0.717) is 17.9 Å². The Bertz CT molecular complexity index is 1150. The predicted octanol–water partition coefficient (Wildman–Crippen LogP) is 3.67. The van der Waals surface area contributed by atoms with Crippen LogP contribution in [0, 0.1) is 5.92 Å². The van der Waals surface area contributed by atoms with Gasteiger partial charge in [-0.15, -0.1) is 3.71 Å². The normalized spacial score (nSPS) is 16.3. The number of sulfonamides is 2. The van der Waals surface area contributed by atoms with Crippen molar-refractivity contribution in [1.82, 2.24) is 15.1 Å². The maximum atomic E-state index is 11.9. The lowest BCUT2D eigenvalue weighted by molar-refractivity contribution is -0.117. The highest BCUT2D eigenvalue weighted by Gasteiger charge is 2.29. The van der Waals surface area contributed by atoms with Crippen molar-refractivity contribution in [3.05, 3.63) is 24.2 Å². The molecule has 12 heteroatoms. The summed E-state index contributed by atoms with van der Waals surface area (Å²) >= 11 is 0. The van der Waals surface area contributed by atoms with Crippen LogP contribution < -0.4 is 3.71 Å². The second kappa shape index (κ2) is 10.9. The van der Waals surface area contributed by atoms with Crippen molar-refractivity contribution >= 4 is 31.6 Å². The average Bonchev–Trinajstić information content (AvgIpc) is 3.22. The third kappa shape index (κ3) is 7.08. The lowest BCUT2D eigenvalue weighted by Crippen LogP contribution is -2.35. The zero-order valence-electron chi connectivity index (χ0n) is 19.8. The van der Waals surface area contributed by atoms with E-state index in [1.165, 1.54) is 50.4 Å². The van der Waals surface area contributed by atoms with Gasteiger partial charge in [0.2, 0.25) is 31.8 Å². The van der Waals surface area contributed by atoms with Crippen LogP contribution in [-0.4, -0.2) is 50.3 Å². The second-order valence-electron chi connectivity index (χ2n) is 9.12. The fraction of sp³-hybridized carbons (Fsp3) is 0.636. The third-order valence-electron chi connectivity index (χ3n) is 6.01. The summed E-state index contributed by atoms with van der Waals surface area (Å²) in [6.45, 7) is 1.55. The Balaban J connectivity index is 1.74. The van der Waals surface area contributed by atoms with Crippen molar-refractivity contribution < 1.29 is 26.2 Å². The molecule has 1 unspecified atom stereocenters. The lowest BCUT2D eigenvalue weighted by Gasteiger charge is -2.22. The van der Waals surface area contributed by atoms with Gasteiger partial charge >= 0.3 is 0 Å². The van der Waals surface area contributed by atoms with E-state index in [1.807, 2.05) is 0 Å². The van der Waals surface area contributed by atoms with Crippen LogP contribution in [0.4, 0.5) is 5.82 Å². The predicted molar refractivity (Wildman–Crippen MR) is 128 cm³/mol. The van der Waals surface area contributed by atoms with Crippen LogP contribution >= 0.6 is 0 Å². The summed E-state index contributed by atoms with van der Waals surface area (Å²) in [5.74, 6) is 1.00. The molecule has 0 bridgehead atoms. The van der Waals surface area contributed by atoms with Crippen LogP contribution in [0.1, 0.15) is 76.5 Å². The van der Waals surface area contributed by atoms with E-state index in [9.17, 15) is 21.6 Å². The summed E-state index contributed by atoms with van der Waals surface area (Å²) in [5, 5.41) is 4.00. The summed E-state index contributed by atoms with van der Waals surface area (Å²) in [4.78, 5) is 20.3. The van der Waals surface area contributed by atoms with Gasteiger partial charge in [-0.2, -0.15) is 4.98 Å². The van der Waals surface area contributed by atoms with Gasteiger partial charge in [-0.05, 0) is 31.4 Å². The Morgan fingerprint density at radius 1 is 1.12 bits per heavy atom. The number of hydrogen-bond acceptors (Lipinski definition) is 9. The number of carbonyl (C=O) groups is 1. The minimum Gasteiger partial charge on any atom is -0.339 e. The van der Waals surface area contributed by atoms with Gasteiger partial charge in [0.25, 0.3) is 0 Å². The first kappa shape index (κ1) is 26.3. The molecule has 188 valence electrons. The van der Waals surface area contributed by atoms with E-state index in [2.05, 4.69) is 15.1 Å². The highest BCUT2D eigenvalue weighted by atomic mass is 32.3. The Morgan fingerprint density at radius 3 is 2.35 bits per heavy atom. The zero-order valence-corrected chi connectivity index (χ0v) is 21.4. The minimum absolute atomic E-state index is 0.0510. The van der Waals surface area contributed by atoms with Crippen LogP contribution in [0.15, 0.2) is 22.9 Å². The van der Waals surface area contributed by atoms with Crippen molar-refractivity contribution in [3.8, 4) is 11.4 Å². The SMILES string of the molecule is CC(=O)CC(CCCC1CCCCC1)c1nc(-c2ccc(N(S(C)(=O)=O)S(C)(=O)=O)nc2)no1. The molecule has 34 heavy (non-hydrogen) atoms. The summed E-state index contributed by atoms with van der Waals surface area (Å²) < 4.78 is 53.4. The largest absolute Gasteiger partial charge is 0.339 e. The third-order valence-corrected chi connectivity index (χ3v) is 9.21. The molecule has 2 heterocycles. The molecule has 2 aromatic heterocycles. The molecule has 0 saturated heterocycles. The number of aromatic nitrogens is 3. The van der Waals surface area contributed by atoms with E-state index < -0.39 is 20.0 Å². The molecule has 0 spiro atoms. The number of hydrogen-bond donors (Lipinski definition) is 0. The molecule has 1 aliphatic carbocycles. The lowest BCUT2D eigenvalue weighted by atomic mass is 9.84. The van der Waals surface area contributed by atoms with Gasteiger partial charge in [-0.1, -0.05) is 50.1 Å². The molecule has 0 aromatic carbocycles. The molecule has 0 aliphatic heterocycles. The molecular formula is C22H32N4O6S2. The van der Waals surface area contributed by atoms with Crippen LogP contribution in [0.2, 0.25) is 0 Å². The topological polar surface area (TPSA) is 140 Å². The molecule has 1 atom stereocenters. The van der Waals surface area contributed by atoms with E-state index in [-0.39, 0.29) is 27.1 Å². The molecule has 10 nitrogen and oxygen atoms in total. The molecular weight excluding hydrogens is 480 g/mol. The maximum absolute atomic E-state index is 11.9. The summed E-state index contributed by atoms with van der Waals surface area (Å²) in [6, 6.07) is 2.74. The monoisotopic (exact) mass is 512 g/mol. The molecule has 3 rings (SSSR count). The fourth-order valence-corrected chi connectivity index (χ4v) is 7.38.